The Kier molecular flexibility index (Phi) is 5.29. The molecular formula is C16H23ClN4O2. The van der Waals surface area contributed by atoms with E-state index in [9.17, 15) is 9.90 Å². The minimum Gasteiger partial charge on any atom is -0.391 e. The van der Waals surface area contributed by atoms with E-state index in [-0.39, 0.29) is 30.3 Å². The number of carbonyl (C=O) groups is 1. The summed E-state index contributed by atoms with van der Waals surface area (Å²) in [7, 11) is 1.90. The number of nitrogens with one attached hydrogen (secondary N) is 1. The van der Waals surface area contributed by atoms with Crippen molar-refractivity contribution in [3.05, 3.63) is 29.5 Å². The third kappa shape index (κ3) is 3.49. The molecule has 3 atom stereocenters. The second kappa shape index (κ2) is 6.86. The molecule has 1 heterocycles. The fourth-order valence-electron chi connectivity index (χ4n) is 3.16. The van der Waals surface area contributed by atoms with Gasteiger partial charge >= 0.3 is 0 Å². The van der Waals surface area contributed by atoms with Crippen molar-refractivity contribution in [1.29, 1.82) is 0 Å². The van der Waals surface area contributed by atoms with E-state index in [2.05, 4.69) is 16.5 Å². The Labute approximate surface area is 141 Å². The number of rotatable bonds is 3. The summed E-state index contributed by atoms with van der Waals surface area (Å²) in [5.74, 6) is -0.264. The number of aliphatic hydroxyl groups excluding tert-OH is 1. The second-order valence-corrected chi connectivity index (χ2v) is 6.21. The Morgan fingerprint density at radius 3 is 2.87 bits per heavy atom. The van der Waals surface area contributed by atoms with E-state index in [1.165, 1.54) is 0 Å². The van der Waals surface area contributed by atoms with Gasteiger partial charge in [0.1, 0.15) is 0 Å². The maximum Gasteiger partial charge on any atom is 0.223 e. The van der Waals surface area contributed by atoms with Crippen LogP contribution in [0, 0.1) is 12.8 Å². The van der Waals surface area contributed by atoms with Crippen LogP contribution in [-0.2, 0) is 18.4 Å². The first-order chi connectivity index (χ1) is 10.5. The second-order valence-electron chi connectivity index (χ2n) is 6.21. The van der Waals surface area contributed by atoms with Crippen molar-refractivity contribution >= 4 is 29.2 Å². The van der Waals surface area contributed by atoms with E-state index in [0.29, 0.717) is 19.4 Å². The molecule has 1 fully saturated rings. The number of fused-ring (bicyclic) bond motifs is 1. The highest BCUT2D eigenvalue weighted by Gasteiger charge is 2.34. The van der Waals surface area contributed by atoms with Gasteiger partial charge in [-0.15, -0.1) is 12.4 Å². The molecule has 7 heteroatoms. The Morgan fingerprint density at radius 1 is 1.48 bits per heavy atom. The van der Waals surface area contributed by atoms with Gasteiger partial charge < -0.3 is 16.2 Å². The molecule has 1 saturated carbocycles. The van der Waals surface area contributed by atoms with E-state index in [1.807, 2.05) is 30.8 Å². The zero-order chi connectivity index (χ0) is 15.9. The molecule has 1 amide bonds. The lowest BCUT2D eigenvalue weighted by Gasteiger charge is -2.09. The molecule has 0 aliphatic heterocycles. The van der Waals surface area contributed by atoms with Gasteiger partial charge in [-0.3, -0.25) is 9.48 Å². The molecule has 1 aromatic carbocycles. The zero-order valence-electron chi connectivity index (χ0n) is 13.3. The molecule has 126 valence electrons. The molecular weight excluding hydrogens is 316 g/mol. The van der Waals surface area contributed by atoms with Crippen LogP contribution in [0.3, 0.4) is 0 Å². The number of amides is 1. The fraction of sp³-hybridized carbons (Fsp3) is 0.500. The molecule has 1 aliphatic rings. The highest BCUT2D eigenvalue weighted by atomic mass is 35.5. The summed E-state index contributed by atoms with van der Waals surface area (Å²) in [6.45, 7) is 2.43. The van der Waals surface area contributed by atoms with Gasteiger partial charge in [0.15, 0.2) is 0 Å². The average molecular weight is 339 g/mol. The predicted octanol–water partition coefficient (Wildman–Crippen LogP) is 1.02. The number of benzene rings is 1. The largest absolute Gasteiger partial charge is 0.391 e. The van der Waals surface area contributed by atoms with Crippen LogP contribution in [-0.4, -0.2) is 32.9 Å². The number of halogens is 1. The molecule has 0 bridgehead atoms. The molecule has 0 radical (unpaired) electrons. The minimum atomic E-state index is -0.575. The summed E-state index contributed by atoms with van der Waals surface area (Å²) in [5.41, 5.74) is 8.84. The van der Waals surface area contributed by atoms with Crippen LogP contribution in [0.4, 0.5) is 0 Å². The highest BCUT2D eigenvalue weighted by Crippen LogP contribution is 2.25. The monoisotopic (exact) mass is 338 g/mol. The van der Waals surface area contributed by atoms with Crippen molar-refractivity contribution < 1.29 is 9.90 Å². The topological polar surface area (TPSA) is 93.2 Å². The van der Waals surface area contributed by atoms with Crippen LogP contribution in [0.15, 0.2) is 18.2 Å². The number of carbonyl (C=O) groups excluding carboxylic acids is 1. The van der Waals surface area contributed by atoms with Gasteiger partial charge in [0, 0.05) is 24.4 Å². The van der Waals surface area contributed by atoms with E-state index < -0.39 is 6.10 Å². The number of aromatic nitrogens is 2. The number of aryl methyl sites for hydroxylation is 2. The van der Waals surface area contributed by atoms with Gasteiger partial charge in [0.05, 0.1) is 23.9 Å². The fourth-order valence-corrected chi connectivity index (χ4v) is 3.16. The van der Waals surface area contributed by atoms with Gasteiger partial charge in [-0.2, -0.15) is 5.10 Å². The van der Waals surface area contributed by atoms with Crippen molar-refractivity contribution in [2.45, 2.75) is 38.5 Å². The number of hydrogen-bond donors (Lipinski definition) is 3. The number of nitrogens with zero attached hydrogens (tertiary/aromatic N) is 2. The lowest BCUT2D eigenvalue weighted by Crippen LogP contribution is -2.30. The zero-order valence-corrected chi connectivity index (χ0v) is 14.1. The van der Waals surface area contributed by atoms with Crippen molar-refractivity contribution in [3.8, 4) is 0 Å². The van der Waals surface area contributed by atoms with Crippen molar-refractivity contribution in [1.82, 2.24) is 15.1 Å². The van der Waals surface area contributed by atoms with Crippen molar-refractivity contribution in [2.24, 2.45) is 18.7 Å². The molecule has 23 heavy (non-hydrogen) atoms. The first-order valence-electron chi connectivity index (χ1n) is 7.59. The minimum absolute atomic E-state index is 0. The Bertz CT molecular complexity index is 705. The Balaban J connectivity index is 0.00000192. The first-order valence-corrected chi connectivity index (χ1v) is 7.59. The normalized spacial score (nSPS) is 23.7. The summed E-state index contributed by atoms with van der Waals surface area (Å²) >= 11 is 0. The molecule has 2 aromatic rings. The van der Waals surface area contributed by atoms with Crippen LogP contribution in [0.2, 0.25) is 0 Å². The van der Waals surface area contributed by atoms with Crippen molar-refractivity contribution in [2.75, 3.05) is 0 Å². The molecule has 0 unspecified atom stereocenters. The standard InChI is InChI=1S/C16H22N4O2.ClH/c1-9-3-4-14-11(5-9)13(19-20(14)2)8-18-16(22)10-6-12(17)15(21)7-10;/h3-5,10,12,15,21H,6-8,17H2,1-2H3,(H,18,22);1H/t10-,12+,15+;/m0./s1. The van der Waals surface area contributed by atoms with Crippen LogP contribution in [0.1, 0.15) is 24.1 Å². The maximum absolute atomic E-state index is 12.2. The van der Waals surface area contributed by atoms with Crippen molar-refractivity contribution in [3.63, 3.8) is 0 Å². The molecule has 4 N–H and O–H groups in total. The van der Waals surface area contributed by atoms with Crippen LogP contribution in [0.25, 0.3) is 10.9 Å². The van der Waals surface area contributed by atoms with Gasteiger partial charge in [0.2, 0.25) is 5.91 Å². The number of aliphatic hydroxyl groups is 1. The van der Waals surface area contributed by atoms with Gasteiger partial charge in [0.25, 0.3) is 0 Å². The summed E-state index contributed by atoms with van der Waals surface area (Å²) in [6, 6.07) is 5.87. The lowest BCUT2D eigenvalue weighted by atomic mass is 10.1. The number of hydrogen-bond acceptors (Lipinski definition) is 4. The molecule has 6 nitrogen and oxygen atoms in total. The summed E-state index contributed by atoms with van der Waals surface area (Å²) < 4.78 is 1.82. The summed E-state index contributed by atoms with van der Waals surface area (Å²) in [5, 5.41) is 18.1. The summed E-state index contributed by atoms with van der Waals surface area (Å²) in [4.78, 5) is 12.2. The SMILES string of the molecule is Cc1ccc2c(c1)c(CNC(=O)[C@H]1C[C@@H](N)[C@H](O)C1)nn2C.Cl. The smallest absolute Gasteiger partial charge is 0.223 e. The van der Waals surface area contributed by atoms with Crippen LogP contribution >= 0.6 is 12.4 Å². The van der Waals surface area contributed by atoms with Gasteiger partial charge in [-0.05, 0) is 31.9 Å². The Hall–Kier alpha value is -1.63. The first kappa shape index (κ1) is 17.7. The molecule has 3 rings (SSSR count). The molecule has 0 spiro atoms. The molecule has 0 saturated heterocycles. The van der Waals surface area contributed by atoms with Gasteiger partial charge in [-0.1, -0.05) is 11.6 Å². The predicted molar refractivity (Wildman–Crippen MR) is 91.3 cm³/mol. The molecule has 1 aliphatic carbocycles. The van der Waals surface area contributed by atoms with E-state index in [4.69, 9.17) is 5.73 Å². The molecule has 1 aromatic heterocycles. The maximum atomic E-state index is 12.2. The number of nitrogens with two attached hydrogens (primary N) is 1. The Morgan fingerprint density at radius 2 is 2.22 bits per heavy atom. The van der Waals surface area contributed by atoms with E-state index in [0.717, 1.165) is 22.2 Å². The van der Waals surface area contributed by atoms with E-state index in [1.54, 1.807) is 0 Å². The average Bonchev–Trinajstić information content (AvgIpc) is 2.97. The summed E-state index contributed by atoms with van der Waals surface area (Å²) in [6.07, 6.45) is 0.401. The van der Waals surface area contributed by atoms with Crippen LogP contribution in [0.5, 0.6) is 0 Å². The van der Waals surface area contributed by atoms with Crippen LogP contribution < -0.4 is 11.1 Å². The van der Waals surface area contributed by atoms with Gasteiger partial charge in [-0.25, -0.2) is 0 Å². The third-order valence-electron chi connectivity index (χ3n) is 4.46. The quantitative estimate of drug-likeness (QED) is 0.779. The highest BCUT2D eigenvalue weighted by molar-refractivity contribution is 5.85. The van der Waals surface area contributed by atoms with E-state index >= 15 is 0 Å². The third-order valence-corrected chi connectivity index (χ3v) is 4.46. The lowest BCUT2D eigenvalue weighted by molar-refractivity contribution is -0.125.